The smallest absolute Gasteiger partial charge is 0.0451 e. The first kappa shape index (κ1) is 18.1. The van der Waals surface area contributed by atoms with Crippen molar-refractivity contribution < 1.29 is 0 Å². The van der Waals surface area contributed by atoms with Gasteiger partial charge in [0.2, 0.25) is 0 Å². The number of hydrogen-bond acceptors (Lipinski definition) is 2. The molecule has 0 heterocycles. The third-order valence-corrected chi connectivity index (χ3v) is 2.82. The van der Waals surface area contributed by atoms with Crippen LogP contribution in [0.3, 0.4) is 0 Å². The molecule has 0 aromatic heterocycles. The van der Waals surface area contributed by atoms with Gasteiger partial charge in [-0.2, -0.15) is 0 Å². The van der Waals surface area contributed by atoms with Gasteiger partial charge >= 0.3 is 0 Å². The quantitative estimate of drug-likeness (QED) is 0.439. The molecule has 0 saturated carbocycles. The van der Waals surface area contributed by atoms with Crippen molar-refractivity contribution in [3.8, 4) is 0 Å². The summed E-state index contributed by atoms with van der Waals surface area (Å²) in [5, 5.41) is 6.83. The van der Waals surface area contributed by atoms with Gasteiger partial charge in [-0.25, -0.2) is 0 Å². The maximum Gasteiger partial charge on any atom is 0.0451 e. The van der Waals surface area contributed by atoms with Gasteiger partial charge in [0.25, 0.3) is 0 Å². The zero-order valence-corrected chi connectivity index (χ0v) is 13.7. The van der Waals surface area contributed by atoms with Crippen LogP contribution >= 0.6 is 0 Å². The second-order valence-electron chi connectivity index (χ2n) is 5.29. The number of nitrogens with zero attached hydrogens (tertiary/aromatic N) is 3. The third kappa shape index (κ3) is 5.37. The highest BCUT2D eigenvalue weighted by atomic mass is 15.1. The van der Waals surface area contributed by atoms with Crippen LogP contribution in [0.4, 0.5) is 5.69 Å². The molecule has 0 aliphatic carbocycles. The van der Waals surface area contributed by atoms with E-state index in [4.69, 9.17) is 5.53 Å². The minimum Gasteiger partial charge on any atom is -0.392 e. The van der Waals surface area contributed by atoms with E-state index in [1.54, 1.807) is 0 Å². The molecule has 0 aliphatic heterocycles. The van der Waals surface area contributed by atoms with Crippen molar-refractivity contribution in [2.75, 3.05) is 7.05 Å². The molecule has 0 spiro atoms. The molecule has 1 aromatic carbocycles. The van der Waals surface area contributed by atoms with Gasteiger partial charge in [-0.3, -0.25) is 0 Å². The Morgan fingerprint density at radius 2 is 1.90 bits per heavy atom. The van der Waals surface area contributed by atoms with Crippen molar-refractivity contribution in [1.82, 2.24) is 5.32 Å². The van der Waals surface area contributed by atoms with Crippen LogP contribution in [-0.4, -0.2) is 7.05 Å². The van der Waals surface area contributed by atoms with Crippen molar-refractivity contribution in [2.45, 2.75) is 47.0 Å². The van der Waals surface area contributed by atoms with Crippen LogP contribution in [0.15, 0.2) is 29.0 Å². The van der Waals surface area contributed by atoms with E-state index in [2.05, 4.69) is 42.2 Å². The Labute approximate surface area is 122 Å². The topological polar surface area (TPSA) is 60.8 Å². The van der Waals surface area contributed by atoms with Gasteiger partial charge < -0.3 is 5.32 Å². The van der Waals surface area contributed by atoms with Crippen molar-refractivity contribution in [2.24, 2.45) is 5.11 Å². The van der Waals surface area contributed by atoms with Gasteiger partial charge in [0.1, 0.15) is 0 Å². The minimum absolute atomic E-state index is 0.0417. The average Bonchev–Trinajstić information content (AvgIpc) is 2.42. The molecule has 1 aromatic rings. The highest BCUT2D eigenvalue weighted by Crippen LogP contribution is 2.30. The van der Waals surface area contributed by atoms with E-state index in [1.165, 1.54) is 0 Å². The van der Waals surface area contributed by atoms with Gasteiger partial charge in [-0.1, -0.05) is 51.9 Å². The van der Waals surface area contributed by atoms with Crippen molar-refractivity contribution >= 4 is 11.8 Å². The lowest BCUT2D eigenvalue weighted by Crippen LogP contribution is -2.10. The molecule has 0 saturated heterocycles. The number of azide groups is 1. The van der Waals surface area contributed by atoms with E-state index in [-0.39, 0.29) is 5.41 Å². The highest BCUT2D eigenvalue weighted by molar-refractivity contribution is 5.66. The Bertz CT molecular complexity index is 504. The summed E-state index contributed by atoms with van der Waals surface area (Å²) >= 11 is 0. The van der Waals surface area contributed by atoms with Gasteiger partial charge in [0.15, 0.2) is 0 Å². The molecule has 0 fully saturated rings. The lowest BCUT2D eigenvalue weighted by molar-refractivity contribution is 0.590. The first-order valence-corrected chi connectivity index (χ1v) is 6.94. The van der Waals surface area contributed by atoms with E-state index in [9.17, 15) is 0 Å². The second kappa shape index (κ2) is 8.28. The molecule has 4 heteroatoms. The van der Waals surface area contributed by atoms with Gasteiger partial charge in [-0.05, 0) is 41.1 Å². The predicted octanol–water partition coefficient (Wildman–Crippen LogP) is 5.53. The molecule has 4 nitrogen and oxygen atoms in total. The summed E-state index contributed by atoms with van der Waals surface area (Å²) in [7, 11) is 1.86. The van der Waals surface area contributed by atoms with E-state index < -0.39 is 0 Å². The zero-order valence-electron chi connectivity index (χ0n) is 13.7. The second-order valence-corrected chi connectivity index (χ2v) is 5.29. The van der Waals surface area contributed by atoms with Crippen LogP contribution in [0.2, 0.25) is 0 Å². The van der Waals surface area contributed by atoms with Crippen LogP contribution in [0, 0.1) is 0 Å². The van der Waals surface area contributed by atoms with Crippen LogP contribution in [0.25, 0.3) is 16.5 Å². The number of rotatable bonds is 3. The fraction of sp³-hybridized carbons (Fsp3) is 0.500. The Kier molecular flexibility index (Phi) is 7.48. The minimum atomic E-state index is 0.0417. The van der Waals surface area contributed by atoms with Crippen molar-refractivity contribution in [3.05, 3.63) is 45.5 Å². The number of hydrogen-bond donors (Lipinski definition) is 1. The Morgan fingerprint density at radius 1 is 1.30 bits per heavy atom. The SMILES string of the molecule is CC.CN/C(C)=C\c1ccc(C(C)(C)C)cc1N=[N+]=[N-]. The van der Waals surface area contributed by atoms with Gasteiger partial charge in [-0.15, -0.1) is 0 Å². The third-order valence-electron chi connectivity index (χ3n) is 2.82. The fourth-order valence-corrected chi connectivity index (χ4v) is 1.57. The van der Waals surface area contributed by atoms with Crippen LogP contribution in [0.5, 0.6) is 0 Å². The van der Waals surface area contributed by atoms with Crippen LogP contribution < -0.4 is 5.32 Å². The lowest BCUT2D eigenvalue weighted by Gasteiger charge is -2.20. The van der Waals surface area contributed by atoms with Crippen LogP contribution in [0.1, 0.15) is 52.7 Å². The highest BCUT2D eigenvalue weighted by Gasteiger charge is 2.14. The molecule has 1 N–H and O–H groups in total. The molecular weight excluding hydrogens is 248 g/mol. The predicted molar refractivity (Wildman–Crippen MR) is 88.0 cm³/mol. The number of nitrogens with one attached hydrogen (secondary N) is 1. The largest absolute Gasteiger partial charge is 0.392 e. The van der Waals surface area contributed by atoms with E-state index in [0.29, 0.717) is 5.69 Å². The standard InChI is InChI=1S/C14H20N4.C2H6/c1-10(16-5)8-11-6-7-12(14(2,3)4)9-13(11)17-18-15;1-2/h6-9,16H,1-5H3;1-2H3/b10-8-;. The molecule has 0 amide bonds. The summed E-state index contributed by atoms with van der Waals surface area (Å²) in [4.78, 5) is 2.90. The lowest BCUT2D eigenvalue weighted by atomic mass is 9.86. The van der Waals surface area contributed by atoms with Gasteiger partial charge in [0, 0.05) is 23.3 Å². The number of allylic oxidation sites excluding steroid dienone is 1. The molecule has 0 radical (unpaired) electrons. The number of benzene rings is 1. The molecule has 110 valence electrons. The van der Waals surface area contributed by atoms with E-state index >= 15 is 0 Å². The van der Waals surface area contributed by atoms with E-state index in [1.807, 2.05) is 46.0 Å². The average molecular weight is 274 g/mol. The summed E-state index contributed by atoms with van der Waals surface area (Å²) in [6.45, 7) is 12.4. The first-order valence-electron chi connectivity index (χ1n) is 6.94. The molecular formula is C16H26N4. The monoisotopic (exact) mass is 274 g/mol. The van der Waals surface area contributed by atoms with E-state index in [0.717, 1.165) is 16.8 Å². The Balaban J connectivity index is 0.00000172. The molecule has 0 bridgehead atoms. The van der Waals surface area contributed by atoms with Crippen molar-refractivity contribution in [3.63, 3.8) is 0 Å². The summed E-state index contributed by atoms with van der Waals surface area (Å²) in [6, 6.07) is 6.02. The normalized spacial score (nSPS) is 11.1. The van der Waals surface area contributed by atoms with Gasteiger partial charge in [0.05, 0.1) is 0 Å². The molecule has 1 rings (SSSR count). The zero-order chi connectivity index (χ0) is 15.8. The fourth-order valence-electron chi connectivity index (χ4n) is 1.57. The first-order chi connectivity index (χ1) is 9.38. The Hall–Kier alpha value is -1.93. The molecule has 0 aliphatic rings. The van der Waals surface area contributed by atoms with Crippen molar-refractivity contribution in [1.29, 1.82) is 0 Å². The maximum absolute atomic E-state index is 8.65. The summed E-state index contributed by atoms with van der Waals surface area (Å²) < 4.78 is 0. The molecule has 20 heavy (non-hydrogen) atoms. The summed E-state index contributed by atoms with van der Waals surface area (Å²) in [5.41, 5.74) is 12.5. The Morgan fingerprint density at radius 3 is 2.35 bits per heavy atom. The van der Waals surface area contributed by atoms with Crippen LogP contribution in [-0.2, 0) is 5.41 Å². The summed E-state index contributed by atoms with van der Waals surface area (Å²) in [5.74, 6) is 0. The molecule has 0 unspecified atom stereocenters. The maximum atomic E-state index is 8.65. The summed E-state index contributed by atoms with van der Waals surface area (Å²) in [6.07, 6.45) is 1.97. The molecule has 0 atom stereocenters.